The van der Waals surface area contributed by atoms with E-state index in [1.54, 1.807) is 11.9 Å². The summed E-state index contributed by atoms with van der Waals surface area (Å²) in [5.41, 5.74) is 6.62. The van der Waals surface area contributed by atoms with Crippen molar-refractivity contribution in [1.82, 2.24) is 20.1 Å². The molecule has 0 unspecified atom stereocenters. The molecule has 2 heterocycles. The van der Waals surface area contributed by atoms with Crippen molar-refractivity contribution in [3.63, 3.8) is 0 Å². The smallest absolute Gasteiger partial charge is 0.246 e. The van der Waals surface area contributed by atoms with Gasteiger partial charge in [0.05, 0.1) is 12.2 Å². The van der Waals surface area contributed by atoms with Crippen LogP contribution in [0.4, 0.5) is 5.69 Å². The highest BCUT2D eigenvalue weighted by Gasteiger charge is 2.29. The molecule has 4 rings (SSSR count). The fourth-order valence-electron chi connectivity index (χ4n) is 4.38. The number of nitrogens with one attached hydrogen (secondary N) is 2. The highest BCUT2D eigenvalue weighted by molar-refractivity contribution is 5.98. The van der Waals surface area contributed by atoms with Crippen molar-refractivity contribution in [2.75, 3.05) is 25.0 Å². The number of rotatable bonds is 5. The summed E-state index contributed by atoms with van der Waals surface area (Å²) in [6, 6.07) is 8.10. The Bertz CT molecular complexity index is 1140. The fraction of sp³-hybridized carbons (Fsp3) is 0.458. The zero-order chi connectivity index (χ0) is 22.3. The van der Waals surface area contributed by atoms with E-state index in [1.165, 1.54) is 23.1 Å². The first-order valence-corrected chi connectivity index (χ1v) is 10.9. The average Bonchev–Trinajstić information content (AvgIpc) is 3.30. The minimum atomic E-state index is -0.125. The quantitative estimate of drug-likeness (QED) is 0.655. The molecule has 0 radical (unpaired) electrons. The van der Waals surface area contributed by atoms with E-state index in [-0.39, 0.29) is 18.4 Å². The van der Waals surface area contributed by atoms with Crippen molar-refractivity contribution < 1.29 is 9.59 Å². The molecule has 0 atom stereocenters. The number of hydrogen-bond acceptors (Lipinski definition) is 3. The summed E-state index contributed by atoms with van der Waals surface area (Å²) in [7, 11) is 1.64. The van der Waals surface area contributed by atoms with Gasteiger partial charge in [0, 0.05) is 48.4 Å². The van der Waals surface area contributed by atoms with Crippen LogP contribution in [-0.4, -0.2) is 52.0 Å². The lowest BCUT2D eigenvalue weighted by molar-refractivity contribution is -0.132. The number of aromatic nitrogens is 3. The minimum Gasteiger partial charge on any atom is -0.353 e. The van der Waals surface area contributed by atoms with Crippen LogP contribution in [0.2, 0.25) is 0 Å². The Morgan fingerprint density at radius 2 is 2.00 bits per heavy atom. The van der Waals surface area contributed by atoms with Gasteiger partial charge in [-0.2, -0.15) is 5.10 Å². The third-order valence-electron chi connectivity index (χ3n) is 6.36. The zero-order valence-corrected chi connectivity index (χ0v) is 19.0. The Morgan fingerprint density at radius 1 is 1.23 bits per heavy atom. The SMILES string of the molecule is CCN(C(=O)CN(C)C(C)=O)c1ccc2cc(-c3n[nH]c4c3CCC(C)(C)C4)[nH]c2c1. The maximum absolute atomic E-state index is 12.7. The molecule has 3 aromatic rings. The predicted molar refractivity (Wildman–Crippen MR) is 123 cm³/mol. The standard InChI is InChI=1S/C24H31N5O2/c1-6-29(22(31)14-28(5)15(2)30)17-8-7-16-11-20(25-19(16)12-17)23-18-9-10-24(3,4)13-21(18)26-27-23/h7-8,11-12,25H,6,9-10,13-14H2,1-5H3,(H,26,27). The molecule has 2 aromatic heterocycles. The molecular formula is C24H31N5O2. The van der Waals surface area contributed by atoms with Crippen LogP contribution < -0.4 is 4.90 Å². The van der Waals surface area contributed by atoms with E-state index in [1.807, 2.05) is 25.1 Å². The second-order valence-corrected chi connectivity index (χ2v) is 9.34. The molecule has 2 amide bonds. The van der Waals surface area contributed by atoms with Crippen molar-refractivity contribution in [2.24, 2.45) is 5.41 Å². The molecule has 0 fully saturated rings. The lowest BCUT2D eigenvalue weighted by Crippen LogP contribution is -2.40. The Labute approximate surface area is 182 Å². The van der Waals surface area contributed by atoms with Gasteiger partial charge in [0.25, 0.3) is 0 Å². The molecule has 2 N–H and O–H groups in total. The van der Waals surface area contributed by atoms with E-state index in [0.717, 1.165) is 47.2 Å². The lowest BCUT2D eigenvalue weighted by atomic mass is 9.76. The van der Waals surface area contributed by atoms with Gasteiger partial charge in [-0.3, -0.25) is 14.7 Å². The van der Waals surface area contributed by atoms with E-state index >= 15 is 0 Å². The second-order valence-electron chi connectivity index (χ2n) is 9.34. The van der Waals surface area contributed by atoms with Crippen LogP contribution in [0.5, 0.6) is 0 Å². The summed E-state index contributed by atoms with van der Waals surface area (Å²) in [4.78, 5) is 30.9. The Balaban J connectivity index is 1.63. The minimum absolute atomic E-state index is 0.0624. The molecule has 7 heteroatoms. The van der Waals surface area contributed by atoms with Crippen molar-refractivity contribution >= 4 is 28.4 Å². The molecule has 0 aliphatic heterocycles. The van der Waals surface area contributed by atoms with E-state index in [0.29, 0.717) is 12.0 Å². The van der Waals surface area contributed by atoms with Crippen molar-refractivity contribution in [2.45, 2.75) is 47.0 Å². The summed E-state index contributed by atoms with van der Waals surface area (Å²) in [6.07, 6.45) is 3.19. The number of hydrogen-bond donors (Lipinski definition) is 2. The fourth-order valence-corrected chi connectivity index (χ4v) is 4.38. The highest BCUT2D eigenvalue weighted by Crippen LogP contribution is 2.38. The van der Waals surface area contributed by atoms with Crippen LogP contribution >= 0.6 is 0 Å². The number of fused-ring (bicyclic) bond motifs is 2. The molecule has 31 heavy (non-hydrogen) atoms. The highest BCUT2D eigenvalue weighted by atomic mass is 16.2. The summed E-state index contributed by atoms with van der Waals surface area (Å²) < 4.78 is 0. The van der Waals surface area contributed by atoms with Gasteiger partial charge in [-0.05, 0) is 49.8 Å². The second kappa shape index (κ2) is 7.87. The van der Waals surface area contributed by atoms with Crippen LogP contribution in [0, 0.1) is 5.41 Å². The average molecular weight is 422 g/mol. The molecule has 1 aliphatic rings. The van der Waals surface area contributed by atoms with Gasteiger partial charge in [0.15, 0.2) is 0 Å². The number of likely N-dealkylation sites (N-methyl/N-ethyl adjacent to an activating group) is 2. The lowest BCUT2D eigenvalue weighted by Gasteiger charge is -2.28. The Kier molecular flexibility index (Phi) is 5.37. The molecule has 0 saturated heterocycles. The maximum atomic E-state index is 12.7. The number of carbonyl (C=O) groups is 2. The summed E-state index contributed by atoms with van der Waals surface area (Å²) in [6.45, 7) is 8.60. The Hall–Kier alpha value is -3.09. The first-order chi connectivity index (χ1) is 14.7. The topological polar surface area (TPSA) is 85.1 Å². The van der Waals surface area contributed by atoms with Crippen LogP contribution in [0.3, 0.4) is 0 Å². The van der Waals surface area contributed by atoms with Gasteiger partial charge in [-0.15, -0.1) is 0 Å². The van der Waals surface area contributed by atoms with Gasteiger partial charge in [0.2, 0.25) is 11.8 Å². The van der Waals surface area contributed by atoms with E-state index in [9.17, 15) is 9.59 Å². The molecule has 0 spiro atoms. The molecular weight excluding hydrogens is 390 g/mol. The largest absolute Gasteiger partial charge is 0.353 e. The van der Waals surface area contributed by atoms with Crippen LogP contribution in [0.15, 0.2) is 24.3 Å². The van der Waals surface area contributed by atoms with Crippen molar-refractivity contribution in [3.8, 4) is 11.4 Å². The number of aromatic amines is 2. The molecule has 0 saturated carbocycles. The van der Waals surface area contributed by atoms with Crippen LogP contribution in [-0.2, 0) is 22.4 Å². The summed E-state index contributed by atoms with van der Waals surface area (Å²) in [5, 5.41) is 8.95. The third kappa shape index (κ3) is 4.09. The Morgan fingerprint density at radius 3 is 2.71 bits per heavy atom. The molecule has 7 nitrogen and oxygen atoms in total. The van der Waals surface area contributed by atoms with Crippen molar-refractivity contribution in [3.05, 3.63) is 35.5 Å². The first-order valence-electron chi connectivity index (χ1n) is 10.9. The summed E-state index contributed by atoms with van der Waals surface area (Å²) >= 11 is 0. The monoisotopic (exact) mass is 421 g/mol. The molecule has 0 bridgehead atoms. The molecule has 1 aliphatic carbocycles. The number of anilines is 1. The van der Waals surface area contributed by atoms with Gasteiger partial charge < -0.3 is 14.8 Å². The molecule has 164 valence electrons. The first kappa shape index (κ1) is 21.2. The zero-order valence-electron chi connectivity index (χ0n) is 19.0. The van der Waals surface area contributed by atoms with Crippen molar-refractivity contribution in [1.29, 1.82) is 0 Å². The van der Waals surface area contributed by atoms with Gasteiger partial charge in [0.1, 0.15) is 5.69 Å². The number of amides is 2. The summed E-state index contributed by atoms with van der Waals surface area (Å²) in [5.74, 6) is -0.227. The van der Waals surface area contributed by atoms with Crippen LogP contribution in [0.25, 0.3) is 22.3 Å². The number of benzene rings is 1. The van der Waals surface area contributed by atoms with Gasteiger partial charge in [-0.25, -0.2) is 0 Å². The number of nitrogens with zero attached hydrogens (tertiary/aromatic N) is 3. The maximum Gasteiger partial charge on any atom is 0.246 e. The van der Waals surface area contributed by atoms with Gasteiger partial charge >= 0.3 is 0 Å². The van der Waals surface area contributed by atoms with E-state index < -0.39 is 0 Å². The van der Waals surface area contributed by atoms with Gasteiger partial charge in [-0.1, -0.05) is 19.9 Å². The third-order valence-corrected chi connectivity index (χ3v) is 6.36. The number of carbonyl (C=O) groups excluding carboxylic acids is 2. The number of H-pyrrole nitrogens is 2. The van der Waals surface area contributed by atoms with Crippen LogP contribution in [0.1, 0.15) is 45.4 Å². The van der Waals surface area contributed by atoms with E-state index in [2.05, 4.69) is 35.1 Å². The van der Waals surface area contributed by atoms with E-state index in [4.69, 9.17) is 0 Å². The molecule has 1 aromatic carbocycles. The predicted octanol–water partition coefficient (Wildman–Crippen LogP) is 3.90. The normalized spacial score (nSPS) is 15.0.